The van der Waals surface area contributed by atoms with Crippen molar-refractivity contribution in [1.29, 1.82) is 0 Å². The number of allylic oxidation sites excluding steroid dienone is 1. The van der Waals surface area contributed by atoms with E-state index in [-0.39, 0.29) is 40.5 Å². The van der Waals surface area contributed by atoms with Crippen molar-refractivity contribution >= 4 is 23.4 Å². The van der Waals surface area contributed by atoms with Crippen molar-refractivity contribution in [2.75, 3.05) is 19.3 Å². The minimum absolute atomic E-state index is 0.0236. The van der Waals surface area contributed by atoms with E-state index in [0.29, 0.717) is 23.2 Å². The molecule has 0 amide bonds. The lowest BCUT2D eigenvalue weighted by molar-refractivity contribution is -0.139. The number of rotatable bonds is 4. The monoisotopic (exact) mass is 492 g/mol. The van der Waals surface area contributed by atoms with Crippen LogP contribution < -0.4 is 27.3 Å². The molecular weight excluding hydrogens is 464 g/mol. The van der Waals surface area contributed by atoms with Crippen molar-refractivity contribution in [3.05, 3.63) is 64.1 Å². The second kappa shape index (κ2) is 10.3. The van der Waals surface area contributed by atoms with Gasteiger partial charge in [0.05, 0.1) is 0 Å². The molecule has 1 aromatic heterocycles. The van der Waals surface area contributed by atoms with Gasteiger partial charge in [0.25, 0.3) is 0 Å². The zero-order valence-corrected chi connectivity index (χ0v) is 19.6. The fraction of sp³-hybridized carbons (Fsp3) is 0.333. The molecule has 35 heavy (non-hydrogen) atoms. The summed E-state index contributed by atoms with van der Waals surface area (Å²) in [4.78, 5) is 8.10. The van der Waals surface area contributed by atoms with Crippen LogP contribution in [-0.2, 0) is 0 Å². The van der Waals surface area contributed by atoms with Crippen molar-refractivity contribution in [1.82, 2.24) is 10.3 Å². The van der Waals surface area contributed by atoms with Gasteiger partial charge in [-0.1, -0.05) is 0 Å². The second-order valence-electron chi connectivity index (χ2n) is 8.05. The molecule has 0 aliphatic carbocycles. The number of nitrogen functional groups attached to an aromatic ring is 1. The molecule has 0 saturated carbocycles. The third kappa shape index (κ3) is 5.56. The molecule has 7 nitrogen and oxygen atoms in total. The summed E-state index contributed by atoms with van der Waals surface area (Å²) in [5, 5.41) is 2.99. The Labute approximate surface area is 200 Å². The Hall–Kier alpha value is -3.60. The second-order valence-corrected chi connectivity index (χ2v) is 8.05. The average Bonchev–Trinajstić information content (AvgIpc) is 2.80. The van der Waals surface area contributed by atoms with Crippen LogP contribution in [0.25, 0.3) is 11.4 Å². The van der Waals surface area contributed by atoms with E-state index in [1.807, 2.05) is 0 Å². The standard InChI is InChI=1S/C24H28F4N6O/c1-4-33-21-14-8-19(23(31)34-11-14)35-12(2)17-9-15(25)5-6-16(17)20(29)13(10-32-3)7-18(21)22(30)24(26,27)28/h5-6,8-12,22,33H,4,7,29-30H2,1-3H3,(H2,31,34)/b20-13?,21-18-,32-10?. The molecule has 0 saturated heterocycles. The van der Waals surface area contributed by atoms with Crippen molar-refractivity contribution < 1.29 is 22.3 Å². The maximum Gasteiger partial charge on any atom is 0.407 e. The van der Waals surface area contributed by atoms with E-state index in [9.17, 15) is 17.6 Å². The third-order valence-corrected chi connectivity index (χ3v) is 5.63. The van der Waals surface area contributed by atoms with Gasteiger partial charge in [-0.15, -0.1) is 0 Å². The Morgan fingerprint density at radius 1 is 1.29 bits per heavy atom. The Bertz CT molecular complexity index is 1190. The predicted molar refractivity (Wildman–Crippen MR) is 129 cm³/mol. The van der Waals surface area contributed by atoms with Crippen molar-refractivity contribution in [3.8, 4) is 5.75 Å². The van der Waals surface area contributed by atoms with Gasteiger partial charge in [0.1, 0.15) is 18.0 Å². The van der Waals surface area contributed by atoms with Gasteiger partial charge in [0, 0.05) is 60.5 Å². The first kappa shape index (κ1) is 26.0. The van der Waals surface area contributed by atoms with Crippen LogP contribution in [0.5, 0.6) is 5.75 Å². The van der Waals surface area contributed by atoms with Crippen LogP contribution in [0, 0.1) is 5.82 Å². The quantitative estimate of drug-likeness (QED) is 0.379. The number of hydrogen-bond donors (Lipinski definition) is 4. The molecule has 3 rings (SSSR count). The fourth-order valence-electron chi connectivity index (χ4n) is 3.93. The Kier molecular flexibility index (Phi) is 7.69. The number of nitrogens with one attached hydrogen (secondary N) is 1. The fourth-order valence-corrected chi connectivity index (χ4v) is 3.93. The molecule has 0 fully saturated rings. The van der Waals surface area contributed by atoms with Crippen LogP contribution in [0.15, 0.2) is 46.6 Å². The number of nitrogens with zero attached hydrogens (tertiary/aromatic N) is 2. The summed E-state index contributed by atoms with van der Waals surface area (Å²) in [5.74, 6) is -0.381. The summed E-state index contributed by atoms with van der Waals surface area (Å²) in [7, 11) is 1.47. The van der Waals surface area contributed by atoms with Crippen LogP contribution in [0.2, 0.25) is 0 Å². The van der Waals surface area contributed by atoms with Gasteiger partial charge >= 0.3 is 6.18 Å². The number of halogens is 4. The molecule has 11 heteroatoms. The number of nitrogens with two attached hydrogens (primary N) is 3. The van der Waals surface area contributed by atoms with Gasteiger partial charge < -0.3 is 27.3 Å². The summed E-state index contributed by atoms with van der Waals surface area (Å²) in [6.45, 7) is 3.73. The number of aromatic nitrogens is 1. The van der Waals surface area contributed by atoms with Crippen LogP contribution in [0.3, 0.4) is 0 Å². The highest BCUT2D eigenvalue weighted by Gasteiger charge is 2.41. The highest BCUT2D eigenvalue weighted by atomic mass is 19.4. The highest BCUT2D eigenvalue weighted by Crippen LogP contribution is 2.37. The van der Waals surface area contributed by atoms with Crippen molar-refractivity contribution in [3.63, 3.8) is 0 Å². The van der Waals surface area contributed by atoms with Gasteiger partial charge in [-0.3, -0.25) is 4.99 Å². The van der Waals surface area contributed by atoms with E-state index < -0.39 is 24.1 Å². The zero-order valence-electron chi connectivity index (χ0n) is 19.6. The summed E-state index contributed by atoms with van der Waals surface area (Å²) in [6.07, 6.45) is -3.03. The number of benzene rings is 1. The van der Waals surface area contributed by atoms with Gasteiger partial charge in [0.15, 0.2) is 11.6 Å². The summed E-state index contributed by atoms with van der Waals surface area (Å²) >= 11 is 0. The summed E-state index contributed by atoms with van der Waals surface area (Å²) < 4.78 is 62.0. The van der Waals surface area contributed by atoms with Gasteiger partial charge in [-0.25, -0.2) is 9.37 Å². The minimum atomic E-state index is -4.74. The normalized spacial score (nSPS) is 20.1. The van der Waals surface area contributed by atoms with Crippen LogP contribution in [0.1, 0.15) is 43.1 Å². The summed E-state index contributed by atoms with van der Waals surface area (Å²) in [6, 6.07) is 3.09. The first-order valence-electron chi connectivity index (χ1n) is 10.9. The lowest BCUT2D eigenvalue weighted by atomic mass is 9.90. The molecule has 7 N–H and O–H groups in total. The van der Waals surface area contributed by atoms with E-state index in [4.69, 9.17) is 21.9 Å². The maximum absolute atomic E-state index is 14.2. The van der Waals surface area contributed by atoms with Crippen LogP contribution >= 0.6 is 0 Å². The topological polar surface area (TPSA) is 125 Å². The largest absolute Gasteiger partial charge is 0.482 e. The van der Waals surface area contributed by atoms with E-state index in [1.165, 1.54) is 43.7 Å². The number of aliphatic imine (C=N–C) groups is 1. The zero-order chi connectivity index (χ0) is 25.9. The number of alkyl halides is 3. The average molecular weight is 493 g/mol. The van der Waals surface area contributed by atoms with Crippen molar-refractivity contribution in [2.24, 2.45) is 16.5 Å². The maximum atomic E-state index is 14.2. The molecule has 2 aromatic rings. The Balaban J connectivity index is 2.44. The molecule has 2 bridgehead atoms. The highest BCUT2D eigenvalue weighted by molar-refractivity contribution is 5.92. The molecule has 2 unspecified atom stereocenters. The molecule has 0 radical (unpaired) electrons. The molecule has 188 valence electrons. The predicted octanol–water partition coefficient (Wildman–Crippen LogP) is 3.93. The van der Waals surface area contributed by atoms with Gasteiger partial charge in [-0.2, -0.15) is 13.2 Å². The van der Waals surface area contributed by atoms with Crippen molar-refractivity contribution in [2.45, 2.75) is 38.6 Å². The lowest BCUT2D eigenvalue weighted by Gasteiger charge is -2.27. The molecule has 1 aliphatic heterocycles. The smallest absolute Gasteiger partial charge is 0.407 e. The first-order chi connectivity index (χ1) is 16.5. The number of anilines is 1. The minimum Gasteiger partial charge on any atom is -0.482 e. The molecule has 2 heterocycles. The number of ether oxygens (including phenoxy) is 1. The van der Waals surface area contributed by atoms with E-state index in [1.54, 1.807) is 13.8 Å². The van der Waals surface area contributed by atoms with Gasteiger partial charge in [0.2, 0.25) is 0 Å². The number of fused-ring (bicyclic) bond motifs is 3. The lowest BCUT2D eigenvalue weighted by Crippen LogP contribution is -2.41. The first-order valence-corrected chi connectivity index (χ1v) is 10.9. The SMILES string of the molecule is CCN/C1=C(\C(N)C(F)(F)F)CC(C=NC)=C(N)c2ccc(F)cc2C(C)Oc2cc1cnc2N. The summed E-state index contributed by atoms with van der Waals surface area (Å²) in [5.41, 5.74) is 19.6. The molecule has 2 atom stereocenters. The molecule has 1 aliphatic rings. The van der Waals surface area contributed by atoms with Crippen LogP contribution in [-0.4, -0.2) is 37.0 Å². The number of hydrogen-bond acceptors (Lipinski definition) is 7. The van der Waals surface area contributed by atoms with E-state index in [0.717, 1.165) is 0 Å². The van der Waals surface area contributed by atoms with E-state index >= 15 is 0 Å². The van der Waals surface area contributed by atoms with Crippen LogP contribution in [0.4, 0.5) is 23.4 Å². The van der Waals surface area contributed by atoms with Gasteiger partial charge in [-0.05, 0) is 49.3 Å². The Morgan fingerprint density at radius 2 is 2.00 bits per heavy atom. The number of pyridine rings is 1. The molecular formula is C24H28F4N6O. The molecule has 1 aromatic carbocycles. The van der Waals surface area contributed by atoms with E-state index in [2.05, 4.69) is 15.3 Å². The Morgan fingerprint density at radius 3 is 2.63 bits per heavy atom. The molecule has 0 spiro atoms. The third-order valence-electron chi connectivity index (χ3n) is 5.63.